The van der Waals surface area contributed by atoms with Gasteiger partial charge < -0.3 is 20.1 Å². The maximum atomic E-state index is 15.2. The maximum absolute atomic E-state index is 15.2. The fraction of sp³-hybridized carbons (Fsp3) is 0.407. The summed E-state index contributed by atoms with van der Waals surface area (Å²) in [5.74, 6) is -6.28. The smallest absolute Gasteiger partial charge is 0.412 e. The van der Waals surface area contributed by atoms with E-state index in [-0.39, 0.29) is 47.8 Å². The molecule has 2 heterocycles. The van der Waals surface area contributed by atoms with Crippen LogP contribution >= 0.6 is 11.6 Å². The Morgan fingerprint density at radius 1 is 1.24 bits per heavy atom. The van der Waals surface area contributed by atoms with Crippen LogP contribution in [0.15, 0.2) is 36.4 Å². The Morgan fingerprint density at radius 2 is 1.93 bits per heavy atom. The van der Waals surface area contributed by atoms with Gasteiger partial charge in [0.1, 0.15) is 6.04 Å². The Balaban J connectivity index is 1.39. The summed E-state index contributed by atoms with van der Waals surface area (Å²) in [4.78, 5) is 52.6. The quantitative estimate of drug-likeness (QED) is 0.440. The SMILES string of the molecule is CN(C(=O)O)c1ccc(C(=O)N[C@@H](CC2CC2(F)F)C(=O)N2CCC[C@@]3(C2)OC(=O)Nc2ccc(Cl)c(F)c23)cc1. The van der Waals surface area contributed by atoms with Crippen LogP contribution in [0.2, 0.25) is 5.02 Å². The monoisotopic (exact) mass is 594 g/mol. The number of carbonyl (C=O) groups excluding carboxylic acids is 3. The highest BCUT2D eigenvalue weighted by Crippen LogP contribution is 2.51. The molecule has 5 rings (SSSR count). The van der Waals surface area contributed by atoms with Gasteiger partial charge in [-0.3, -0.25) is 19.8 Å². The third kappa shape index (κ3) is 5.50. The highest BCUT2D eigenvalue weighted by Gasteiger charge is 2.58. The Morgan fingerprint density at radius 3 is 2.56 bits per heavy atom. The van der Waals surface area contributed by atoms with Crippen LogP contribution in [-0.4, -0.2) is 66.1 Å². The molecule has 1 saturated heterocycles. The standard InChI is InChI=1S/C27H26ClF3N4O6/c1-34(25(39)40)16-5-3-14(4-6-16)22(36)32-19(11-15-12-27(15,30)31)23(37)35-10-2-9-26(13-35)20-18(33-24(38)41-26)8-7-17(28)21(20)29/h3-8,15,19H,2,9-13H2,1H3,(H,32,36)(H,33,38)(H,39,40)/t15?,19-,26-/m0/s1. The number of ether oxygens (including phenoxy) is 1. The lowest BCUT2D eigenvalue weighted by atomic mass is 9.82. The van der Waals surface area contributed by atoms with Crippen molar-refractivity contribution >= 4 is 47.0 Å². The molecular formula is C27H26ClF3N4O6. The van der Waals surface area contributed by atoms with Crippen LogP contribution in [0.1, 0.15) is 41.6 Å². The molecule has 2 aromatic carbocycles. The molecule has 41 heavy (non-hydrogen) atoms. The molecule has 1 spiro atoms. The number of rotatable bonds is 6. The summed E-state index contributed by atoms with van der Waals surface area (Å²) in [7, 11) is 1.32. The van der Waals surface area contributed by atoms with Gasteiger partial charge in [0, 0.05) is 37.2 Å². The van der Waals surface area contributed by atoms with Gasteiger partial charge in [0.25, 0.3) is 11.8 Å². The third-order valence-electron chi connectivity index (χ3n) is 7.72. The molecule has 2 aliphatic heterocycles. The molecule has 1 saturated carbocycles. The summed E-state index contributed by atoms with van der Waals surface area (Å²) in [5.41, 5.74) is -1.05. The Bertz CT molecular complexity index is 1420. The molecule has 2 aromatic rings. The zero-order chi connectivity index (χ0) is 29.7. The number of nitrogens with one attached hydrogen (secondary N) is 2. The molecule has 0 radical (unpaired) electrons. The molecular weight excluding hydrogens is 569 g/mol. The highest BCUT2D eigenvalue weighted by atomic mass is 35.5. The zero-order valence-electron chi connectivity index (χ0n) is 21.8. The van der Waals surface area contributed by atoms with Crippen LogP contribution in [0.25, 0.3) is 0 Å². The summed E-state index contributed by atoms with van der Waals surface area (Å²) < 4.78 is 48.5. The van der Waals surface area contributed by atoms with Gasteiger partial charge in [-0.15, -0.1) is 0 Å². The Labute approximate surface area is 237 Å². The van der Waals surface area contributed by atoms with Gasteiger partial charge >= 0.3 is 12.2 Å². The van der Waals surface area contributed by atoms with Gasteiger partial charge in [0.2, 0.25) is 5.91 Å². The van der Waals surface area contributed by atoms with Crippen LogP contribution in [-0.2, 0) is 15.1 Å². The van der Waals surface area contributed by atoms with Crippen LogP contribution in [0, 0.1) is 11.7 Å². The van der Waals surface area contributed by atoms with Crippen LogP contribution in [0.3, 0.4) is 0 Å². The van der Waals surface area contributed by atoms with Crippen molar-refractivity contribution in [2.75, 3.05) is 30.4 Å². The van der Waals surface area contributed by atoms with Crippen LogP contribution in [0.5, 0.6) is 0 Å². The van der Waals surface area contributed by atoms with E-state index in [1.54, 1.807) is 0 Å². The number of carbonyl (C=O) groups is 4. The van der Waals surface area contributed by atoms with E-state index < -0.39 is 59.7 Å². The minimum Gasteiger partial charge on any atom is -0.465 e. The number of carboxylic acid groups (broad SMARTS) is 1. The second-order valence-corrected chi connectivity index (χ2v) is 10.9. The molecule has 14 heteroatoms. The van der Waals surface area contributed by atoms with Crippen molar-refractivity contribution in [1.29, 1.82) is 0 Å². The van der Waals surface area contributed by atoms with Gasteiger partial charge in [-0.05, 0) is 55.7 Å². The maximum Gasteiger partial charge on any atom is 0.412 e. The van der Waals surface area contributed by atoms with Crippen molar-refractivity contribution in [2.45, 2.75) is 43.2 Å². The van der Waals surface area contributed by atoms with E-state index in [9.17, 15) is 28.0 Å². The Kier molecular flexibility index (Phi) is 7.26. The first-order valence-corrected chi connectivity index (χ1v) is 13.2. The largest absolute Gasteiger partial charge is 0.465 e. The number of hydrogen-bond acceptors (Lipinski definition) is 5. The van der Waals surface area contributed by atoms with Gasteiger partial charge in [-0.25, -0.2) is 22.8 Å². The van der Waals surface area contributed by atoms with E-state index in [0.29, 0.717) is 12.1 Å². The summed E-state index contributed by atoms with van der Waals surface area (Å²) >= 11 is 6.01. The number of piperidine rings is 1. The molecule has 2 fully saturated rings. The van der Waals surface area contributed by atoms with Crippen molar-refractivity contribution < 1.29 is 42.2 Å². The summed E-state index contributed by atoms with van der Waals surface area (Å²) in [6.07, 6.45) is -2.33. The van der Waals surface area contributed by atoms with Crippen molar-refractivity contribution in [3.8, 4) is 0 Å². The number of amides is 4. The molecule has 0 bridgehead atoms. The van der Waals surface area contributed by atoms with Gasteiger partial charge in [0.05, 0.1) is 22.8 Å². The predicted molar refractivity (Wildman–Crippen MR) is 141 cm³/mol. The van der Waals surface area contributed by atoms with Gasteiger partial charge in [-0.1, -0.05) is 11.6 Å². The third-order valence-corrected chi connectivity index (χ3v) is 8.02. The van der Waals surface area contributed by atoms with E-state index >= 15 is 4.39 Å². The fourth-order valence-corrected chi connectivity index (χ4v) is 5.56. The molecule has 10 nitrogen and oxygen atoms in total. The Hall–Kier alpha value is -4.00. The van der Waals surface area contributed by atoms with Gasteiger partial charge in [-0.2, -0.15) is 0 Å². The average molecular weight is 595 g/mol. The molecule has 3 aliphatic rings. The summed E-state index contributed by atoms with van der Waals surface area (Å²) in [6, 6.07) is 6.86. The number of halogens is 4. The first kappa shape index (κ1) is 28.5. The lowest BCUT2D eigenvalue weighted by molar-refractivity contribution is -0.141. The molecule has 3 atom stereocenters. The molecule has 218 valence electrons. The van der Waals surface area contributed by atoms with E-state index in [2.05, 4.69) is 10.6 Å². The summed E-state index contributed by atoms with van der Waals surface area (Å²) in [5, 5.41) is 13.9. The van der Waals surface area contributed by atoms with Crippen molar-refractivity contribution in [2.24, 2.45) is 5.92 Å². The predicted octanol–water partition coefficient (Wildman–Crippen LogP) is 4.82. The first-order chi connectivity index (χ1) is 19.3. The fourth-order valence-electron chi connectivity index (χ4n) is 5.40. The number of fused-ring (bicyclic) bond motifs is 2. The highest BCUT2D eigenvalue weighted by molar-refractivity contribution is 6.31. The normalized spacial score (nSPS) is 23.1. The van der Waals surface area contributed by atoms with Crippen LogP contribution < -0.4 is 15.5 Å². The minimum absolute atomic E-state index is 0.0113. The van der Waals surface area contributed by atoms with Crippen LogP contribution in [0.4, 0.5) is 34.1 Å². The molecule has 1 unspecified atom stereocenters. The van der Waals surface area contributed by atoms with E-state index in [1.807, 2.05) is 0 Å². The van der Waals surface area contributed by atoms with Crippen molar-refractivity contribution in [3.63, 3.8) is 0 Å². The van der Waals surface area contributed by atoms with E-state index in [4.69, 9.17) is 21.4 Å². The molecule has 0 aromatic heterocycles. The number of nitrogens with zero attached hydrogens (tertiary/aromatic N) is 2. The minimum atomic E-state index is -2.96. The van der Waals surface area contributed by atoms with E-state index in [1.165, 1.54) is 48.3 Å². The zero-order valence-corrected chi connectivity index (χ0v) is 22.5. The topological polar surface area (TPSA) is 128 Å². The van der Waals surface area contributed by atoms with Crippen molar-refractivity contribution in [3.05, 3.63) is 58.4 Å². The van der Waals surface area contributed by atoms with E-state index in [0.717, 1.165) is 4.90 Å². The number of hydrogen-bond donors (Lipinski definition) is 3. The first-order valence-electron chi connectivity index (χ1n) is 12.8. The molecule has 3 N–H and O–H groups in total. The number of likely N-dealkylation sites (tertiary alicyclic amines) is 1. The number of benzene rings is 2. The van der Waals surface area contributed by atoms with Gasteiger partial charge in [0.15, 0.2) is 11.4 Å². The van der Waals surface area contributed by atoms with Crippen molar-refractivity contribution in [1.82, 2.24) is 10.2 Å². The molecule has 4 amide bonds. The number of anilines is 2. The molecule has 1 aliphatic carbocycles. The lowest BCUT2D eigenvalue weighted by Gasteiger charge is -2.45. The number of alkyl halides is 2. The summed E-state index contributed by atoms with van der Waals surface area (Å²) in [6.45, 7) is -0.111. The average Bonchev–Trinajstić information content (AvgIpc) is 3.54. The second-order valence-electron chi connectivity index (χ2n) is 10.5. The second kappa shape index (κ2) is 10.4. The lowest BCUT2D eigenvalue weighted by Crippen LogP contribution is -2.57.